The normalized spacial score (nSPS) is 11.9. The van der Waals surface area contributed by atoms with Crippen molar-refractivity contribution in [2.75, 3.05) is 0 Å². The Morgan fingerprint density at radius 2 is 0.846 bits per heavy atom. The summed E-state index contributed by atoms with van der Waals surface area (Å²) < 4.78 is 0. The van der Waals surface area contributed by atoms with Crippen molar-refractivity contribution in [3.8, 4) is 44.5 Å². The summed E-state index contributed by atoms with van der Waals surface area (Å²) in [5.74, 6) is -0.997. The van der Waals surface area contributed by atoms with Gasteiger partial charge in [0.05, 0.1) is 28.3 Å². The molecule has 0 saturated heterocycles. The fourth-order valence-corrected chi connectivity index (χ4v) is 7.27. The van der Waals surface area contributed by atoms with Gasteiger partial charge in [-0.25, -0.2) is 14.8 Å². The molecule has 3 N–H and O–H groups in total. The number of benzene rings is 4. The van der Waals surface area contributed by atoms with Crippen molar-refractivity contribution in [3.05, 3.63) is 167 Å². The highest BCUT2D eigenvalue weighted by atomic mass is 16.4. The number of nitrogens with zero attached hydrogens (tertiary/aromatic N) is 2. The predicted molar refractivity (Wildman–Crippen MR) is 212 cm³/mol. The van der Waals surface area contributed by atoms with Crippen LogP contribution in [0.4, 0.5) is 0 Å². The Morgan fingerprint density at radius 3 is 1.23 bits per heavy atom. The lowest BCUT2D eigenvalue weighted by Gasteiger charge is -2.10. The van der Waals surface area contributed by atoms with E-state index < -0.39 is 5.97 Å². The van der Waals surface area contributed by atoms with Gasteiger partial charge in [0, 0.05) is 49.9 Å². The van der Waals surface area contributed by atoms with Crippen LogP contribution < -0.4 is 0 Å². The van der Waals surface area contributed by atoms with E-state index in [4.69, 9.17) is 9.97 Å². The Morgan fingerprint density at radius 1 is 0.481 bits per heavy atom. The number of rotatable bonds is 5. The van der Waals surface area contributed by atoms with Gasteiger partial charge in [-0.1, -0.05) is 109 Å². The Kier molecular flexibility index (Phi) is 7.55. The van der Waals surface area contributed by atoms with Crippen LogP contribution in [0, 0.1) is 6.92 Å². The maximum absolute atomic E-state index is 12.7. The van der Waals surface area contributed by atoms with Gasteiger partial charge in [0.15, 0.2) is 0 Å². The van der Waals surface area contributed by atoms with Crippen LogP contribution in [0.15, 0.2) is 133 Å². The van der Waals surface area contributed by atoms with Crippen LogP contribution >= 0.6 is 0 Å². The lowest BCUT2D eigenvalue weighted by molar-refractivity contribution is 0.0697. The van der Waals surface area contributed by atoms with Gasteiger partial charge in [0.1, 0.15) is 0 Å². The van der Waals surface area contributed by atoms with E-state index in [0.29, 0.717) is 16.8 Å². The average Bonchev–Trinajstić information content (AvgIpc) is 4.01. The lowest BCUT2D eigenvalue weighted by Crippen LogP contribution is -2.01. The highest BCUT2D eigenvalue weighted by molar-refractivity contribution is 6.04. The van der Waals surface area contributed by atoms with Gasteiger partial charge in [-0.05, 0) is 78.3 Å². The third kappa shape index (κ3) is 5.43. The second kappa shape index (κ2) is 12.7. The first kappa shape index (κ1) is 31.0. The molecule has 0 saturated carbocycles. The Hall–Kier alpha value is -7.05. The van der Waals surface area contributed by atoms with Gasteiger partial charge in [0.2, 0.25) is 0 Å². The molecule has 248 valence electrons. The SMILES string of the molecule is Cc1ccc(-c2c3nc(c(-c4ccccc4)c4ccc([nH]4)c(-c4ccccc4)c4nc(c(-c5ccccc5)c5ccc2[nH]5)C=C4)C=C3)c(C(=O)O)c1. The van der Waals surface area contributed by atoms with E-state index >= 15 is 0 Å². The summed E-state index contributed by atoms with van der Waals surface area (Å²) in [5.41, 5.74) is 14.8. The number of fused-ring (bicyclic) bond motifs is 8. The Labute approximate surface area is 300 Å². The molecular weight excluding hydrogens is 641 g/mol. The highest BCUT2D eigenvalue weighted by Gasteiger charge is 2.21. The van der Waals surface area contributed by atoms with Crippen molar-refractivity contribution >= 4 is 52.3 Å². The molecule has 9 rings (SSSR count). The summed E-state index contributed by atoms with van der Waals surface area (Å²) >= 11 is 0. The molecule has 0 amide bonds. The minimum atomic E-state index is -0.997. The van der Waals surface area contributed by atoms with Crippen LogP contribution in [0.3, 0.4) is 0 Å². The summed E-state index contributed by atoms with van der Waals surface area (Å²) in [7, 11) is 0. The molecule has 3 aromatic heterocycles. The predicted octanol–water partition coefficient (Wildman–Crippen LogP) is 11.3. The monoisotopic (exact) mass is 672 g/mol. The van der Waals surface area contributed by atoms with Gasteiger partial charge in [-0.2, -0.15) is 0 Å². The lowest BCUT2D eigenvalue weighted by atomic mass is 9.96. The first-order valence-electron chi connectivity index (χ1n) is 17.2. The smallest absolute Gasteiger partial charge is 0.336 e. The van der Waals surface area contributed by atoms with E-state index in [1.165, 1.54) is 0 Å². The number of hydrogen-bond donors (Lipinski definition) is 3. The molecule has 6 heteroatoms. The van der Waals surface area contributed by atoms with E-state index in [9.17, 15) is 9.90 Å². The molecule has 0 spiro atoms. The van der Waals surface area contributed by atoms with Crippen LogP contribution in [0.2, 0.25) is 0 Å². The number of H-pyrrole nitrogens is 2. The molecule has 8 bridgehead atoms. The standard InChI is InChI=1S/C46H32N4O2/c1-28-17-18-32(33(27-28)46(51)52)45-40-25-23-38(49-40)43(30-13-7-3-8-14-30)36-21-19-34(47-36)42(29-11-5-2-6-12-29)35-20-22-37(48-35)44(31-15-9-4-10-16-31)39-24-26-41(45)50-39/h2-27,47,50H,1H3,(H,51,52). The zero-order chi connectivity index (χ0) is 35.2. The van der Waals surface area contributed by atoms with Gasteiger partial charge in [-0.3, -0.25) is 0 Å². The minimum Gasteiger partial charge on any atom is -0.478 e. The summed E-state index contributed by atoms with van der Waals surface area (Å²) in [6.45, 7) is 1.90. The number of carbonyl (C=O) groups is 1. The molecule has 0 atom stereocenters. The number of aromatic nitrogens is 4. The molecule has 2 aliphatic rings. The van der Waals surface area contributed by atoms with Crippen molar-refractivity contribution in [1.82, 2.24) is 19.9 Å². The Balaban J connectivity index is 1.49. The van der Waals surface area contributed by atoms with E-state index in [0.717, 1.165) is 78.1 Å². The topological polar surface area (TPSA) is 94.7 Å². The molecule has 0 unspecified atom stereocenters. The zero-order valence-electron chi connectivity index (χ0n) is 28.3. The minimum absolute atomic E-state index is 0.213. The first-order chi connectivity index (χ1) is 25.5. The van der Waals surface area contributed by atoms with Crippen LogP contribution in [0.25, 0.3) is 90.9 Å². The molecule has 0 radical (unpaired) electrons. The molecule has 4 aromatic carbocycles. The van der Waals surface area contributed by atoms with Crippen molar-refractivity contribution in [1.29, 1.82) is 0 Å². The maximum Gasteiger partial charge on any atom is 0.336 e. The van der Waals surface area contributed by atoms with Gasteiger partial charge < -0.3 is 15.1 Å². The summed E-state index contributed by atoms with van der Waals surface area (Å²) in [6.07, 6.45) is 8.15. The molecule has 2 aliphatic heterocycles. The molecular formula is C46H32N4O2. The number of aromatic amines is 2. The average molecular weight is 673 g/mol. The summed E-state index contributed by atoms with van der Waals surface area (Å²) in [6, 6.07) is 44.6. The number of aryl methyl sites for hydroxylation is 1. The number of hydrogen-bond acceptors (Lipinski definition) is 3. The van der Waals surface area contributed by atoms with Crippen LogP contribution in [0.1, 0.15) is 38.7 Å². The molecule has 6 nitrogen and oxygen atoms in total. The Bertz CT molecular complexity index is 2720. The van der Waals surface area contributed by atoms with Crippen molar-refractivity contribution in [3.63, 3.8) is 0 Å². The quantitative estimate of drug-likeness (QED) is 0.170. The van der Waals surface area contributed by atoms with Gasteiger partial charge >= 0.3 is 5.97 Å². The summed E-state index contributed by atoms with van der Waals surface area (Å²) in [5, 5.41) is 10.4. The van der Waals surface area contributed by atoms with Crippen LogP contribution in [-0.2, 0) is 0 Å². The molecule has 7 aromatic rings. The van der Waals surface area contributed by atoms with Crippen LogP contribution in [0.5, 0.6) is 0 Å². The molecule has 0 aliphatic carbocycles. The fourth-order valence-electron chi connectivity index (χ4n) is 7.27. The van der Waals surface area contributed by atoms with Crippen molar-refractivity contribution < 1.29 is 9.90 Å². The third-order valence-electron chi connectivity index (χ3n) is 9.62. The number of carboxylic acid groups (broad SMARTS) is 1. The van der Waals surface area contributed by atoms with Crippen molar-refractivity contribution in [2.45, 2.75) is 6.92 Å². The third-order valence-corrected chi connectivity index (χ3v) is 9.62. The largest absolute Gasteiger partial charge is 0.478 e. The number of nitrogens with one attached hydrogen (secondary N) is 2. The number of carboxylic acids is 1. The zero-order valence-corrected chi connectivity index (χ0v) is 28.3. The maximum atomic E-state index is 12.7. The molecule has 5 heterocycles. The van der Waals surface area contributed by atoms with Crippen molar-refractivity contribution in [2.24, 2.45) is 0 Å². The van der Waals surface area contributed by atoms with E-state index in [1.807, 2.05) is 97.9 Å². The highest BCUT2D eigenvalue weighted by Crippen LogP contribution is 2.39. The first-order valence-corrected chi connectivity index (χ1v) is 17.2. The van der Waals surface area contributed by atoms with Crippen LogP contribution in [-0.4, -0.2) is 31.0 Å². The second-order valence-electron chi connectivity index (χ2n) is 13.0. The van der Waals surface area contributed by atoms with Gasteiger partial charge in [0.25, 0.3) is 0 Å². The molecule has 52 heavy (non-hydrogen) atoms. The second-order valence-corrected chi connectivity index (χ2v) is 13.0. The summed E-state index contributed by atoms with van der Waals surface area (Å²) in [4.78, 5) is 30.8. The molecule has 0 fully saturated rings. The fraction of sp³-hybridized carbons (Fsp3) is 0.0217. The van der Waals surface area contributed by atoms with Gasteiger partial charge in [-0.15, -0.1) is 0 Å². The van der Waals surface area contributed by atoms with E-state index in [1.54, 1.807) is 6.07 Å². The van der Waals surface area contributed by atoms with E-state index in [2.05, 4.69) is 70.7 Å². The van der Waals surface area contributed by atoms with E-state index in [-0.39, 0.29) is 5.56 Å². The number of aromatic carboxylic acids is 1.